The van der Waals surface area contributed by atoms with Gasteiger partial charge in [0.2, 0.25) is 0 Å². The number of ether oxygens (including phenoxy) is 1. The summed E-state index contributed by atoms with van der Waals surface area (Å²) in [6, 6.07) is 9.54. The zero-order valence-corrected chi connectivity index (χ0v) is 8.74. The fourth-order valence-electron chi connectivity index (χ4n) is 0.843. The largest absolute Gasteiger partial charge is 0.466 e. The summed E-state index contributed by atoms with van der Waals surface area (Å²) >= 11 is 3.29. The van der Waals surface area contributed by atoms with Crippen LogP contribution in [-0.2, 0) is 9.53 Å². The molecule has 0 amide bonds. The lowest BCUT2D eigenvalue weighted by atomic mass is 10.2. The molecule has 2 nitrogen and oxygen atoms in total. The number of hydrogen-bond acceptors (Lipinski definition) is 2. The summed E-state index contributed by atoms with van der Waals surface area (Å²) in [6.45, 7) is 0. The van der Waals surface area contributed by atoms with Gasteiger partial charge in [0.25, 0.3) is 0 Å². The Morgan fingerprint density at radius 2 is 2.00 bits per heavy atom. The second-order valence-corrected chi connectivity index (χ2v) is 3.24. The first-order valence-electron chi connectivity index (χ1n) is 3.74. The van der Waals surface area contributed by atoms with E-state index in [1.54, 1.807) is 0 Å². The molecule has 0 atom stereocenters. The van der Waals surface area contributed by atoms with Crippen LogP contribution in [0.2, 0.25) is 0 Å². The number of rotatable bonds is 2. The third-order valence-corrected chi connectivity index (χ3v) is 2.18. The van der Waals surface area contributed by atoms with Crippen molar-refractivity contribution in [3.63, 3.8) is 0 Å². The van der Waals surface area contributed by atoms with E-state index >= 15 is 0 Å². The van der Waals surface area contributed by atoms with Crippen LogP contribution in [0.1, 0.15) is 5.56 Å². The van der Waals surface area contributed by atoms with E-state index in [0.717, 1.165) is 10.0 Å². The van der Waals surface area contributed by atoms with Gasteiger partial charge >= 0.3 is 5.97 Å². The van der Waals surface area contributed by atoms with Crippen molar-refractivity contribution in [2.45, 2.75) is 0 Å². The molecule has 0 fully saturated rings. The Bertz CT molecular complexity index is 317. The van der Waals surface area contributed by atoms with Crippen LogP contribution >= 0.6 is 15.9 Å². The molecule has 0 bridgehead atoms. The molecule has 3 heteroatoms. The topological polar surface area (TPSA) is 26.3 Å². The van der Waals surface area contributed by atoms with Gasteiger partial charge in [-0.05, 0) is 21.5 Å². The Morgan fingerprint density at radius 3 is 2.54 bits per heavy atom. The zero-order chi connectivity index (χ0) is 9.68. The highest BCUT2D eigenvalue weighted by atomic mass is 79.9. The Morgan fingerprint density at radius 1 is 1.38 bits per heavy atom. The molecule has 1 aromatic carbocycles. The fraction of sp³-hybridized carbons (Fsp3) is 0.100. The Hall–Kier alpha value is -1.09. The summed E-state index contributed by atoms with van der Waals surface area (Å²) in [5, 5.41) is 0. The van der Waals surface area contributed by atoms with Crippen LogP contribution in [-0.4, -0.2) is 13.1 Å². The van der Waals surface area contributed by atoms with Crippen LogP contribution in [0, 0.1) is 0 Å². The minimum absolute atomic E-state index is 0.365. The minimum atomic E-state index is -0.365. The van der Waals surface area contributed by atoms with Crippen molar-refractivity contribution in [3.8, 4) is 0 Å². The van der Waals surface area contributed by atoms with E-state index in [1.807, 2.05) is 30.3 Å². The molecule has 68 valence electrons. The maximum atomic E-state index is 10.9. The van der Waals surface area contributed by atoms with Gasteiger partial charge in [0.15, 0.2) is 0 Å². The van der Waals surface area contributed by atoms with E-state index in [4.69, 9.17) is 0 Å². The summed E-state index contributed by atoms with van der Waals surface area (Å²) in [6.07, 6.45) is 1.40. The van der Waals surface area contributed by atoms with Crippen LogP contribution in [0.4, 0.5) is 0 Å². The second-order valence-electron chi connectivity index (χ2n) is 2.38. The molecule has 0 aliphatic carbocycles. The molecule has 13 heavy (non-hydrogen) atoms. The smallest absolute Gasteiger partial charge is 0.331 e. The number of carbonyl (C=O) groups excluding carboxylic acids is 1. The van der Waals surface area contributed by atoms with Crippen LogP contribution in [0.3, 0.4) is 0 Å². The first-order valence-corrected chi connectivity index (χ1v) is 4.54. The van der Waals surface area contributed by atoms with Crippen LogP contribution in [0.15, 0.2) is 36.4 Å². The van der Waals surface area contributed by atoms with E-state index in [1.165, 1.54) is 13.2 Å². The second kappa shape index (κ2) is 4.82. The normalized spacial score (nSPS) is 11.1. The van der Waals surface area contributed by atoms with Gasteiger partial charge < -0.3 is 4.74 Å². The molecule has 0 N–H and O–H groups in total. The van der Waals surface area contributed by atoms with Gasteiger partial charge in [-0.1, -0.05) is 30.3 Å². The summed E-state index contributed by atoms with van der Waals surface area (Å²) in [7, 11) is 1.35. The van der Waals surface area contributed by atoms with Crippen LogP contribution < -0.4 is 0 Å². The van der Waals surface area contributed by atoms with Crippen LogP contribution in [0.25, 0.3) is 4.48 Å². The van der Waals surface area contributed by atoms with Crippen molar-refractivity contribution >= 4 is 26.4 Å². The van der Waals surface area contributed by atoms with Crippen molar-refractivity contribution in [2.24, 2.45) is 0 Å². The number of hydrogen-bond donors (Lipinski definition) is 0. The number of esters is 1. The molecular weight excluding hydrogens is 232 g/mol. The summed E-state index contributed by atoms with van der Waals surface area (Å²) < 4.78 is 5.22. The standard InChI is InChI=1S/C10H9BrO2/c1-13-10(12)7-9(11)8-5-3-2-4-6-8/h2-7H,1H3. The Balaban J connectivity index is 2.85. The molecule has 0 aliphatic rings. The number of carbonyl (C=O) groups is 1. The highest BCUT2D eigenvalue weighted by Gasteiger charge is 1.99. The van der Waals surface area contributed by atoms with Gasteiger partial charge in [0.05, 0.1) is 7.11 Å². The molecule has 0 saturated carbocycles. The molecule has 0 aromatic heterocycles. The molecule has 0 saturated heterocycles. The quantitative estimate of drug-likeness (QED) is 0.587. The van der Waals surface area contributed by atoms with E-state index in [0.29, 0.717) is 0 Å². The van der Waals surface area contributed by atoms with E-state index in [-0.39, 0.29) is 5.97 Å². The maximum absolute atomic E-state index is 10.9. The number of halogens is 1. The Labute approximate surface area is 85.3 Å². The third kappa shape index (κ3) is 3.03. The first-order chi connectivity index (χ1) is 6.24. The maximum Gasteiger partial charge on any atom is 0.331 e. The Kier molecular flexibility index (Phi) is 3.71. The highest BCUT2D eigenvalue weighted by molar-refractivity contribution is 9.15. The van der Waals surface area contributed by atoms with E-state index in [9.17, 15) is 4.79 Å². The number of methoxy groups -OCH3 is 1. The summed E-state index contributed by atoms with van der Waals surface area (Å²) in [4.78, 5) is 10.9. The monoisotopic (exact) mass is 240 g/mol. The zero-order valence-electron chi connectivity index (χ0n) is 7.16. The van der Waals surface area contributed by atoms with Gasteiger partial charge in [0.1, 0.15) is 0 Å². The number of benzene rings is 1. The summed E-state index contributed by atoms with van der Waals surface area (Å²) in [5.41, 5.74) is 0.952. The molecule has 0 spiro atoms. The fourth-order valence-corrected chi connectivity index (χ4v) is 1.29. The molecule has 0 radical (unpaired) electrons. The highest BCUT2D eigenvalue weighted by Crippen LogP contribution is 2.20. The molecule has 1 rings (SSSR count). The molecular formula is C10H9BrO2. The molecule has 0 aliphatic heterocycles. The third-order valence-electron chi connectivity index (χ3n) is 1.50. The van der Waals surface area contributed by atoms with Crippen molar-refractivity contribution in [1.82, 2.24) is 0 Å². The van der Waals surface area contributed by atoms with Gasteiger partial charge in [-0.25, -0.2) is 4.79 Å². The van der Waals surface area contributed by atoms with Gasteiger partial charge in [-0.2, -0.15) is 0 Å². The van der Waals surface area contributed by atoms with Crippen molar-refractivity contribution < 1.29 is 9.53 Å². The van der Waals surface area contributed by atoms with E-state index in [2.05, 4.69) is 20.7 Å². The van der Waals surface area contributed by atoms with E-state index < -0.39 is 0 Å². The predicted octanol–water partition coefficient (Wildman–Crippen LogP) is 2.60. The molecule has 1 aromatic rings. The van der Waals surface area contributed by atoms with Crippen molar-refractivity contribution in [3.05, 3.63) is 42.0 Å². The lowest BCUT2D eigenvalue weighted by molar-refractivity contribution is -0.134. The average Bonchev–Trinajstić information content (AvgIpc) is 2.19. The summed E-state index contributed by atoms with van der Waals surface area (Å²) in [5.74, 6) is -0.365. The lowest BCUT2D eigenvalue weighted by Crippen LogP contribution is -1.94. The average molecular weight is 241 g/mol. The lowest BCUT2D eigenvalue weighted by Gasteiger charge is -1.97. The van der Waals surface area contributed by atoms with Gasteiger partial charge in [0, 0.05) is 10.6 Å². The predicted molar refractivity (Wildman–Crippen MR) is 55.4 cm³/mol. The molecule has 0 heterocycles. The van der Waals surface area contributed by atoms with Gasteiger partial charge in [-0.3, -0.25) is 0 Å². The van der Waals surface area contributed by atoms with Crippen molar-refractivity contribution in [2.75, 3.05) is 7.11 Å². The first kappa shape index (κ1) is 9.99. The van der Waals surface area contributed by atoms with Crippen molar-refractivity contribution in [1.29, 1.82) is 0 Å². The minimum Gasteiger partial charge on any atom is -0.466 e. The van der Waals surface area contributed by atoms with Crippen LogP contribution in [0.5, 0.6) is 0 Å². The SMILES string of the molecule is COC(=O)C=C(Br)c1ccccc1. The molecule has 0 unspecified atom stereocenters. The van der Waals surface area contributed by atoms with Gasteiger partial charge in [-0.15, -0.1) is 0 Å².